The van der Waals surface area contributed by atoms with E-state index in [-0.39, 0.29) is 35.5 Å². The first kappa shape index (κ1) is 20.6. The van der Waals surface area contributed by atoms with Crippen LogP contribution < -0.4 is 15.1 Å². The highest BCUT2D eigenvalue weighted by atomic mass is 19.1. The van der Waals surface area contributed by atoms with E-state index in [0.717, 1.165) is 38.4 Å². The van der Waals surface area contributed by atoms with Crippen molar-refractivity contribution in [3.63, 3.8) is 0 Å². The van der Waals surface area contributed by atoms with E-state index in [1.807, 2.05) is 0 Å². The second-order valence-corrected chi connectivity index (χ2v) is 9.20. The third-order valence-corrected chi connectivity index (χ3v) is 7.00. The van der Waals surface area contributed by atoms with Crippen molar-refractivity contribution in [1.29, 1.82) is 0 Å². The number of amides is 1. The van der Waals surface area contributed by atoms with E-state index in [9.17, 15) is 18.4 Å². The van der Waals surface area contributed by atoms with Crippen molar-refractivity contribution in [2.24, 2.45) is 5.41 Å². The molecule has 1 aromatic carbocycles. The van der Waals surface area contributed by atoms with Crippen molar-refractivity contribution in [1.82, 2.24) is 5.32 Å². The number of morpholine rings is 1. The molecule has 1 saturated carbocycles. The van der Waals surface area contributed by atoms with E-state index in [4.69, 9.17) is 9.47 Å². The Bertz CT molecular complexity index is 843. The van der Waals surface area contributed by atoms with E-state index in [0.29, 0.717) is 26.2 Å². The molecule has 3 saturated heterocycles. The third kappa shape index (κ3) is 3.89. The van der Waals surface area contributed by atoms with Crippen LogP contribution in [0.1, 0.15) is 32.1 Å². The highest BCUT2D eigenvalue weighted by Gasteiger charge is 2.39. The fourth-order valence-corrected chi connectivity index (χ4v) is 5.10. The number of cyclic esters (lactones) is 1. The molecule has 0 aromatic heterocycles. The average Bonchev–Trinajstić information content (AvgIpc) is 3.24. The number of hydrogen-bond acceptors (Lipinski definition) is 6. The molecule has 0 radical (unpaired) electrons. The van der Waals surface area contributed by atoms with Crippen molar-refractivity contribution in [2.75, 3.05) is 42.5 Å². The summed E-state index contributed by atoms with van der Waals surface area (Å²) < 4.78 is 40.9. The Morgan fingerprint density at radius 2 is 1.81 bits per heavy atom. The van der Waals surface area contributed by atoms with Crippen LogP contribution in [0.4, 0.5) is 25.0 Å². The zero-order chi connectivity index (χ0) is 21.6. The molecule has 1 aliphatic carbocycles. The van der Waals surface area contributed by atoms with Crippen LogP contribution in [0.2, 0.25) is 0 Å². The molecule has 4 fully saturated rings. The van der Waals surface area contributed by atoms with Crippen LogP contribution in [0, 0.1) is 17.0 Å². The number of hydrogen-bond donors (Lipinski definition) is 1. The lowest BCUT2D eigenvalue weighted by atomic mass is 9.70. The van der Waals surface area contributed by atoms with E-state index in [1.54, 1.807) is 4.90 Å². The predicted octanol–water partition coefficient (Wildman–Crippen LogP) is 2.62. The number of halogens is 2. The molecule has 3 aliphatic heterocycles. The van der Waals surface area contributed by atoms with Crippen LogP contribution in [-0.4, -0.2) is 63.4 Å². The zero-order valence-corrected chi connectivity index (χ0v) is 17.3. The normalized spacial score (nSPS) is 29.1. The van der Waals surface area contributed by atoms with Gasteiger partial charge in [-0.15, -0.1) is 0 Å². The summed E-state index contributed by atoms with van der Waals surface area (Å²) in [6.07, 6.45) is 4.56. The molecule has 0 spiro atoms. The predicted molar refractivity (Wildman–Crippen MR) is 109 cm³/mol. The molecule has 168 valence electrons. The Kier molecular flexibility index (Phi) is 5.34. The second kappa shape index (κ2) is 8.02. The molecule has 2 unspecified atom stereocenters. The highest BCUT2D eigenvalue weighted by molar-refractivity contribution is 5.90. The van der Waals surface area contributed by atoms with E-state index in [1.165, 1.54) is 17.0 Å². The summed E-state index contributed by atoms with van der Waals surface area (Å²) in [5, 5.41) is 3.20. The number of aldehydes is 1. The van der Waals surface area contributed by atoms with Crippen LogP contribution in [-0.2, 0) is 14.3 Å². The molecule has 4 aliphatic rings. The van der Waals surface area contributed by atoms with Gasteiger partial charge in [-0.3, -0.25) is 4.90 Å². The van der Waals surface area contributed by atoms with Gasteiger partial charge >= 0.3 is 6.09 Å². The monoisotopic (exact) mass is 435 g/mol. The lowest BCUT2D eigenvalue weighted by Gasteiger charge is -2.36. The first-order valence-electron chi connectivity index (χ1n) is 11.0. The maximum atomic E-state index is 14.9. The minimum absolute atomic E-state index is 0.0114. The largest absolute Gasteiger partial charge is 0.443 e. The molecule has 5 rings (SSSR count). The number of nitrogens with one attached hydrogen (secondary N) is 1. The Hall–Kier alpha value is -2.26. The lowest BCUT2D eigenvalue weighted by molar-refractivity contribution is -0.120. The number of carbonyl (C=O) groups excluding carboxylic acids is 2. The number of carbonyl (C=O) groups is 2. The Morgan fingerprint density at radius 3 is 2.39 bits per heavy atom. The first-order chi connectivity index (χ1) is 15.0. The summed E-state index contributed by atoms with van der Waals surface area (Å²) in [6.45, 7) is 2.05. The number of anilines is 2. The van der Waals surface area contributed by atoms with E-state index < -0.39 is 23.8 Å². The Labute approximate surface area is 179 Å². The van der Waals surface area contributed by atoms with Crippen LogP contribution >= 0.6 is 0 Å². The van der Waals surface area contributed by atoms with E-state index >= 15 is 0 Å². The molecular weight excluding hydrogens is 408 g/mol. The van der Waals surface area contributed by atoms with Crippen LogP contribution in [0.15, 0.2) is 12.1 Å². The minimum atomic E-state index is -0.691. The second-order valence-electron chi connectivity index (χ2n) is 9.20. The standard InChI is InChI=1S/C22H27F2N3O4/c23-18-6-14(7-19(24)20(18)26-9-15-2-3-16(10-26)30-15)27-11-17(31-21(27)29)8-25-12-22(13-28)4-1-5-22/h6-7,13,15-17,25H,1-5,8-12H2/t15?,16?,17-/m0/s1. The molecule has 3 heterocycles. The molecule has 9 heteroatoms. The smallest absolute Gasteiger partial charge is 0.414 e. The van der Waals surface area contributed by atoms with Gasteiger partial charge in [-0.25, -0.2) is 13.6 Å². The van der Waals surface area contributed by atoms with Gasteiger partial charge in [-0.2, -0.15) is 0 Å². The topological polar surface area (TPSA) is 71.1 Å². The summed E-state index contributed by atoms with van der Waals surface area (Å²) in [7, 11) is 0. The van der Waals surface area contributed by atoms with Gasteiger partial charge < -0.3 is 24.5 Å². The molecule has 31 heavy (non-hydrogen) atoms. The molecule has 7 nitrogen and oxygen atoms in total. The van der Waals surface area contributed by atoms with Crippen LogP contribution in [0.25, 0.3) is 0 Å². The fraction of sp³-hybridized carbons (Fsp3) is 0.636. The number of fused-ring (bicyclic) bond motifs is 2. The maximum Gasteiger partial charge on any atom is 0.414 e. The lowest BCUT2D eigenvalue weighted by Crippen LogP contribution is -2.44. The molecule has 1 amide bonds. The summed E-state index contributed by atoms with van der Waals surface area (Å²) in [6, 6.07) is 2.39. The first-order valence-corrected chi connectivity index (χ1v) is 11.0. The van der Waals surface area contributed by atoms with Gasteiger partial charge in [-0.1, -0.05) is 6.42 Å². The fourth-order valence-electron chi connectivity index (χ4n) is 5.10. The van der Waals surface area contributed by atoms with Crippen molar-refractivity contribution in [3.05, 3.63) is 23.8 Å². The SMILES string of the molecule is O=CC1(CNC[C@H]2CN(c3cc(F)c(N4CC5CCC(C4)O5)c(F)c3)C(=O)O2)CCC1. The van der Waals surface area contributed by atoms with Gasteiger partial charge in [0, 0.05) is 43.7 Å². The third-order valence-electron chi connectivity index (χ3n) is 7.00. The van der Waals surface area contributed by atoms with Crippen molar-refractivity contribution >= 4 is 23.8 Å². The summed E-state index contributed by atoms with van der Waals surface area (Å²) >= 11 is 0. The minimum Gasteiger partial charge on any atom is -0.443 e. The Balaban J connectivity index is 1.23. The summed E-state index contributed by atoms with van der Waals surface area (Å²) in [5.74, 6) is -1.38. The van der Waals surface area contributed by atoms with Gasteiger partial charge in [0.25, 0.3) is 0 Å². The molecule has 3 atom stereocenters. The molecule has 2 bridgehead atoms. The number of ether oxygens (including phenoxy) is 2. The summed E-state index contributed by atoms with van der Waals surface area (Å²) in [5.41, 5.74) is -0.219. The molecule has 1 aromatic rings. The van der Waals surface area contributed by atoms with E-state index in [2.05, 4.69) is 5.32 Å². The van der Waals surface area contributed by atoms with Crippen molar-refractivity contribution < 1.29 is 27.8 Å². The van der Waals surface area contributed by atoms with Gasteiger partial charge in [0.1, 0.15) is 18.1 Å². The quantitative estimate of drug-likeness (QED) is 0.664. The van der Waals surface area contributed by atoms with Crippen LogP contribution in [0.5, 0.6) is 0 Å². The summed E-state index contributed by atoms with van der Waals surface area (Å²) in [4.78, 5) is 26.5. The number of benzene rings is 1. The average molecular weight is 435 g/mol. The van der Waals surface area contributed by atoms with Crippen molar-refractivity contribution in [2.45, 2.75) is 50.4 Å². The van der Waals surface area contributed by atoms with Crippen LogP contribution in [0.3, 0.4) is 0 Å². The number of rotatable bonds is 7. The molecular formula is C22H27F2N3O4. The van der Waals surface area contributed by atoms with Gasteiger partial charge in [0.2, 0.25) is 0 Å². The number of nitrogens with zero attached hydrogens (tertiary/aromatic N) is 2. The molecule has 1 N–H and O–H groups in total. The highest BCUT2D eigenvalue weighted by Crippen LogP contribution is 2.38. The van der Waals surface area contributed by atoms with Gasteiger partial charge in [0.05, 0.1) is 24.4 Å². The van der Waals surface area contributed by atoms with Gasteiger partial charge in [0.15, 0.2) is 11.6 Å². The van der Waals surface area contributed by atoms with Crippen molar-refractivity contribution in [3.8, 4) is 0 Å². The maximum absolute atomic E-state index is 14.9. The Morgan fingerprint density at radius 1 is 1.13 bits per heavy atom. The zero-order valence-electron chi connectivity index (χ0n) is 17.3. The van der Waals surface area contributed by atoms with Gasteiger partial charge in [-0.05, 0) is 25.7 Å².